The monoisotopic (exact) mass is 264 g/mol. The van der Waals surface area contributed by atoms with Crippen LogP contribution in [-0.4, -0.2) is 10.2 Å². The van der Waals surface area contributed by atoms with E-state index in [0.717, 1.165) is 23.5 Å². The van der Waals surface area contributed by atoms with Gasteiger partial charge in [0.05, 0.1) is 5.56 Å². The fourth-order valence-corrected chi connectivity index (χ4v) is 1.98. The summed E-state index contributed by atoms with van der Waals surface area (Å²) in [4.78, 5) is 0. The van der Waals surface area contributed by atoms with Gasteiger partial charge < -0.3 is 0 Å². The molecule has 1 aromatic carbocycles. The third kappa shape index (κ3) is 2.33. The number of rotatable bonds is 1. The highest BCUT2D eigenvalue weighted by Gasteiger charge is 2.30. The first-order valence-electron chi connectivity index (χ1n) is 4.13. The predicted molar refractivity (Wildman–Crippen MR) is 55.4 cm³/mol. The zero-order valence-electron chi connectivity index (χ0n) is 7.62. The van der Waals surface area contributed by atoms with E-state index in [1.807, 2.05) is 0 Å². The first-order chi connectivity index (χ1) is 7.47. The molecular weight excluding hydrogens is 261 g/mol. The first kappa shape index (κ1) is 11.3. The molecule has 2 nitrogen and oxygen atoms in total. The summed E-state index contributed by atoms with van der Waals surface area (Å²) >= 11 is 6.60. The molecule has 0 saturated carbocycles. The Bertz CT molecular complexity index is 509. The van der Waals surface area contributed by atoms with Gasteiger partial charge in [-0.05, 0) is 23.7 Å². The van der Waals surface area contributed by atoms with E-state index in [0.29, 0.717) is 10.6 Å². The number of hydrogen-bond acceptors (Lipinski definition) is 3. The standard InChI is InChI=1S/C9H4ClF3N2S/c10-8-15-14-7(16-8)5-2-1-3-6(4-5)9(11,12)13/h1-4H. The van der Waals surface area contributed by atoms with E-state index in [-0.39, 0.29) is 4.47 Å². The molecule has 0 aliphatic rings. The van der Waals surface area contributed by atoms with Gasteiger partial charge in [0.2, 0.25) is 4.47 Å². The fourth-order valence-electron chi connectivity index (χ4n) is 1.15. The maximum Gasteiger partial charge on any atom is 0.416 e. The number of benzene rings is 1. The Kier molecular flexibility index (Phi) is 2.86. The second kappa shape index (κ2) is 4.03. The van der Waals surface area contributed by atoms with Crippen LogP contribution < -0.4 is 0 Å². The lowest BCUT2D eigenvalue weighted by Crippen LogP contribution is -2.04. The summed E-state index contributed by atoms with van der Waals surface area (Å²) in [6.07, 6.45) is -4.36. The summed E-state index contributed by atoms with van der Waals surface area (Å²) < 4.78 is 37.5. The van der Waals surface area contributed by atoms with Crippen molar-refractivity contribution in [2.24, 2.45) is 0 Å². The van der Waals surface area contributed by atoms with E-state index in [9.17, 15) is 13.2 Å². The predicted octanol–water partition coefficient (Wildman–Crippen LogP) is 3.88. The van der Waals surface area contributed by atoms with Crippen molar-refractivity contribution < 1.29 is 13.2 Å². The van der Waals surface area contributed by atoms with E-state index in [1.165, 1.54) is 12.1 Å². The van der Waals surface area contributed by atoms with Crippen molar-refractivity contribution in [2.45, 2.75) is 6.18 Å². The maximum absolute atomic E-state index is 12.4. The van der Waals surface area contributed by atoms with Crippen LogP contribution in [0.25, 0.3) is 10.6 Å². The van der Waals surface area contributed by atoms with Gasteiger partial charge in [0.25, 0.3) is 0 Å². The zero-order chi connectivity index (χ0) is 11.8. The summed E-state index contributed by atoms with van der Waals surface area (Å²) in [5.74, 6) is 0. The molecule has 1 heterocycles. The Morgan fingerprint density at radius 1 is 1.19 bits per heavy atom. The van der Waals surface area contributed by atoms with Gasteiger partial charge in [-0.25, -0.2) is 0 Å². The van der Waals surface area contributed by atoms with Gasteiger partial charge in [0.15, 0.2) is 0 Å². The Morgan fingerprint density at radius 2 is 1.94 bits per heavy atom. The molecule has 1 aromatic heterocycles. The molecule has 0 bridgehead atoms. The lowest BCUT2D eigenvalue weighted by molar-refractivity contribution is -0.137. The van der Waals surface area contributed by atoms with E-state index >= 15 is 0 Å². The molecule has 0 radical (unpaired) electrons. The van der Waals surface area contributed by atoms with Crippen LogP contribution in [-0.2, 0) is 6.18 Å². The average Bonchev–Trinajstić information content (AvgIpc) is 2.64. The van der Waals surface area contributed by atoms with Crippen molar-refractivity contribution in [1.82, 2.24) is 10.2 Å². The zero-order valence-corrected chi connectivity index (χ0v) is 9.20. The summed E-state index contributed by atoms with van der Waals surface area (Å²) in [6, 6.07) is 4.89. The molecule has 0 aliphatic heterocycles. The topological polar surface area (TPSA) is 25.8 Å². The van der Waals surface area contributed by atoms with Crippen LogP contribution in [0.3, 0.4) is 0 Å². The quantitative estimate of drug-likeness (QED) is 0.781. The summed E-state index contributed by atoms with van der Waals surface area (Å²) in [7, 11) is 0. The van der Waals surface area contributed by atoms with E-state index in [4.69, 9.17) is 11.6 Å². The molecule has 0 aliphatic carbocycles. The van der Waals surface area contributed by atoms with Gasteiger partial charge in [-0.2, -0.15) is 13.2 Å². The number of halogens is 4. The molecule has 0 atom stereocenters. The van der Waals surface area contributed by atoms with Crippen LogP contribution in [0, 0.1) is 0 Å². The van der Waals surface area contributed by atoms with E-state index in [2.05, 4.69) is 10.2 Å². The van der Waals surface area contributed by atoms with Crippen LogP contribution in [0.1, 0.15) is 5.56 Å². The number of aromatic nitrogens is 2. The molecule has 2 rings (SSSR count). The van der Waals surface area contributed by atoms with E-state index in [1.54, 1.807) is 0 Å². The van der Waals surface area contributed by atoms with Crippen molar-refractivity contribution in [1.29, 1.82) is 0 Å². The molecule has 0 unspecified atom stereocenters. The van der Waals surface area contributed by atoms with Gasteiger partial charge in [-0.1, -0.05) is 23.5 Å². The first-order valence-corrected chi connectivity index (χ1v) is 5.33. The number of nitrogens with zero attached hydrogens (tertiary/aromatic N) is 2. The van der Waals surface area contributed by atoms with Crippen LogP contribution in [0.5, 0.6) is 0 Å². The maximum atomic E-state index is 12.4. The molecule has 0 saturated heterocycles. The lowest BCUT2D eigenvalue weighted by atomic mass is 10.1. The minimum Gasteiger partial charge on any atom is -0.166 e. The van der Waals surface area contributed by atoms with Crippen LogP contribution in [0.15, 0.2) is 24.3 Å². The third-order valence-electron chi connectivity index (χ3n) is 1.84. The Balaban J connectivity index is 2.44. The normalized spacial score (nSPS) is 11.8. The largest absolute Gasteiger partial charge is 0.416 e. The highest BCUT2D eigenvalue weighted by molar-refractivity contribution is 7.18. The van der Waals surface area contributed by atoms with Crippen molar-refractivity contribution >= 4 is 22.9 Å². The van der Waals surface area contributed by atoms with Crippen LogP contribution in [0.4, 0.5) is 13.2 Å². The fraction of sp³-hybridized carbons (Fsp3) is 0.111. The minimum atomic E-state index is -4.36. The van der Waals surface area contributed by atoms with Crippen molar-refractivity contribution in [2.75, 3.05) is 0 Å². The highest BCUT2D eigenvalue weighted by Crippen LogP contribution is 2.33. The van der Waals surface area contributed by atoms with Gasteiger partial charge in [0, 0.05) is 5.56 Å². The number of hydrogen-bond donors (Lipinski definition) is 0. The molecule has 0 fully saturated rings. The highest BCUT2D eigenvalue weighted by atomic mass is 35.5. The number of alkyl halides is 3. The Hall–Kier alpha value is -1.14. The summed E-state index contributed by atoms with van der Waals surface area (Å²) in [5.41, 5.74) is -0.351. The summed E-state index contributed by atoms with van der Waals surface area (Å²) in [6.45, 7) is 0. The van der Waals surface area contributed by atoms with Crippen molar-refractivity contribution in [3.63, 3.8) is 0 Å². The molecule has 7 heteroatoms. The van der Waals surface area contributed by atoms with Crippen molar-refractivity contribution in [3.05, 3.63) is 34.3 Å². The molecule has 2 aromatic rings. The molecule has 0 N–H and O–H groups in total. The van der Waals surface area contributed by atoms with E-state index < -0.39 is 11.7 Å². The minimum absolute atomic E-state index is 0.201. The average molecular weight is 265 g/mol. The summed E-state index contributed by atoms with van der Waals surface area (Å²) in [5, 5.41) is 7.59. The Labute approximate surface area is 97.7 Å². The molecule has 0 spiro atoms. The van der Waals surface area contributed by atoms with Crippen molar-refractivity contribution in [3.8, 4) is 10.6 Å². The van der Waals surface area contributed by atoms with Gasteiger partial charge in [-0.3, -0.25) is 0 Å². The third-order valence-corrected chi connectivity index (χ3v) is 2.91. The van der Waals surface area contributed by atoms with Crippen LogP contribution in [0.2, 0.25) is 4.47 Å². The molecule has 84 valence electrons. The van der Waals surface area contributed by atoms with Gasteiger partial charge in [-0.15, -0.1) is 10.2 Å². The molecular formula is C9H4ClF3N2S. The second-order valence-corrected chi connectivity index (χ2v) is 4.50. The Morgan fingerprint density at radius 3 is 2.50 bits per heavy atom. The molecule has 16 heavy (non-hydrogen) atoms. The molecule has 0 amide bonds. The van der Waals surface area contributed by atoms with Gasteiger partial charge >= 0.3 is 6.18 Å². The van der Waals surface area contributed by atoms with Gasteiger partial charge in [0.1, 0.15) is 5.01 Å². The lowest BCUT2D eigenvalue weighted by Gasteiger charge is -2.06. The van der Waals surface area contributed by atoms with Crippen LogP contribution >= 0.6 is 22.9 Å². The smallest absolute Gasteiger partial charge is 0.166 e. The SMILES string of the molecule is FC(F)(F)c1cccc(-c2nnc(Cl)s2)c1. The second-order valence-electron chi connectivity index (χ2n) is 2.94.